The molecular weight excluding hydrogens is 591 g/mol. The van der Waals surface area contributed by atoms with Gasteiger partial charge in [-0.1, -0.05) is 140 Å². The van der Waals surface area contributed by atoms with Crippen molar-refractivity contribution < 1.29 is 0 Å². The highest BCUT2D eigenvalue weighted by Crippen LogP contribution is 2.50. The summed E-state index contributed by atoms with van der Waals surface area (Å²) in [7, 11) is 0. The zero-order valence-electron chi connectivity index (χ0n) is 26.7. The lowest BCUT2D eigenvalue weighted by atomic mass is 9.79. The average molecular weight is 620 g/mol. The van der Waals surface area contributed by atoms with Gasteiger partial charge in [-0.25, -0.2) is 0 Å². The van der Waals surface area contributed by atoms with Gasteiger partial charge in [0.25, 0.3) is 0 Å². The van der Waals surface area contributed by atoms with Crippen LogP contribution < -0.4 is 0 Å². The highest BCUT2D eigenvalue weighted by molar-refractivity contribution is 6.27. The van der Waals surface area contributed by atoms with E-state index in [-0.39, 0.29) is 0 Å². The molecule has 1 heteroatoms. The lowest BCUT2D eigenvalue weighted by molar-refractivity contribution is 1.18. The normalized spacial score (nSPS) is 12.1. The summed E-state index contributed by atoms with van der Waals surface area (Å²) in [4.78, 5) is 0. The van der Waals surface area contributed by atoms with E-state index >= 15 is 0 Å². The first-order valence-corrected chi connectivity index (χ1v) is 17.0. The van der Waals surface area contributed by atoms with E-state index in [4.69, 9.17) is 0 Å². The molecular formula is C48H29N. The van der Waals surface area contributed by atoms with Crippen LogP contribution in [-0.4, -0.2) is 4.57 Å². The number of hydrogen-bond donors (Lipinski definition) is 0. The highest BCUT2D eigenvalue weighted by atomic mass is 15.0. The van der Waals surface area contributed by atoms with Gasteiger partial charge in [-0.3, -0.25) is 0 Å². The second kappa shape index (κ2) is 10.0. The first kappa shape index (κ1) is 26.6. The average Bonchev–Trinajstić information content (AvgIpc) is 3.51. The zero-order valence-corrected chi connectivity index (χ0v) is 26.7. The van der Waals surface area contributed by atoms with Gasteiger partial charge in [0, 0.05) is 16.5 Å². The quantitative estimate of drug-likeness (QED) is 0.161. The molecule has 0 spiro atoms. The van der Waals surface area contributed by atoms with E-state index in [1.807, 2.05) is 0 Å². The van der Waals surface area contributed by atoms with E-state index in [2.05, 4.69) is 180 Å². The molecule has 0 saturated carbocycles. The molecule has 49 heavy (non-hydrogen) atoms. The molecule has 0 N–H and O–H groups in total. The van der Waals surface area contributed by atoms with E-state index in [0.29, 0.717) is 0 Å². The Balaban J connectivity index is 1.26. The van der Waals surface area contributed by atoms with Crippen molar-refractivity contribution in [1.29, 1.82) is 0 Å². The monoisotopic (exact) mass is 619 g/mol. The molecule has 0 radical (unpaired) electrons. The van der Waals surface area contributed by atoms with E-state index < -0.39 is 0 Å². The van der Waals surface area contributed by atoms with E-state index in [9.17, 15) is 0 Å². The lowest BCUT2D eigenvalue weighted by Crippen LogP contribution is -2.00. The van der Waals surface area contributed by atoms with Crippen molar-refractivity contribution in [2.75, 3.05) is 0 Å². The van der Waals surface area contributed by atoms with Crippen molar-refractivity contribution in [3.8, 4) is 50.2 Å². The lowest BCUT2D eigenvalue weighted by Gasteiger charge is -2.25. The van der Waals surface area contributed by atoms with Crippen LogP contribution in [0, 0.1) is 0 Å². The predicted octanol–water partition coefficient (Wildman–Crippen LogP) is 13.2. The fourth-order valence-corrected chi connectivity index (χ4v) is 8.63. The Morgan fingerprint density at radius 2 is 0.551 bits per heavy atom. The first-order valence-electron chi connectivity index (χ1n) is 17.0. The van der Waals surface area contributed by atoms with Gasteiger partial charge in [0.1, 0.15) is 0 Å². The molecule has 0 atom stereocenters. The summed E-state index contributed by atoms with van der Waals surface area (Å²) in [6, 6.07) is 65.3. The molecule has 226 valence electrons. The Morgan fingerprint density at radius 1 is 0.224 bits per heavy atom. The minimum absolute atomic E-state index is 1.17. The third-order valence-electron chi connectivity index (χ3n) is 10.7. The van der Waals surface area contributed by atoms with Crippen LogP contribution in [0.2, 0.25) is 0 Å². The fourth-order valence-electron chi connectivity index (χ4n) is 8.63. The molecule has 10 aromatic rings. The second-order valence-electron chi connectivity index (χ2n) is 13.2. The summed E-state index contributed by atoms with van der Waals surface area (Å²) in [5, 5.41) is 10.3. The van der Waals surface area contributed by atoms with Gasteiger partial charge in [-0.2, -0.15) is 0 Å². The molecule has 1 heterocycles. The van der Waals surface area contributed by atoms with E-state index in [0.717, 1.165) is 0 Å². The van der Waals surface area contributed by atoms with Gasteiger partial charge in [-0.05, 0) is 113 Å². The SMILES string of the molecule is c1ccc2c(c1)-c1ccc(-n3c4ccccc4c4ccccc43)cc1-c1ccccc1-c1cc3c4ccccc4c4ccccc4c3cc1-2. The summed E-state index contributed by atoms with van der Waals surface area (Å²) in [6.07, 6.45) is 0. The number of fused-ring (bicyclic) bond motifs is 17. The molecule has 0 amide bonds. The third kappa shape index (κ3) is 3.70. The maximum absolute atomic E-state index is 2.47. The van der Waals surface area contributed by atoms with Crippen LogP contribution in [0.15, 0.2) is 176 Å². The molecule has 1 aromatic heterocycles. The van der Waals surface area contributed by atoms with Gasteiger partial charge >= 0.3 is 0 Å². The number of para-hydroxylation sites is 2. The summed E-state index contributed by atoms with van der Waals surface area (Å²) in [5.41, 5.74) is 13.7. The summed E-state index contributed by atoms with van der Waals surface area (Å²) >= 11 is 0. The molecule has 0 aliphatic heterocycles. The number of rotatable bonds is 1. The highest BCUT2D eigenvalue weighted by Gasteiger charge is 2.24. The summed E-state index contributed by atoms with van der Waals surface area (Å²) in [5.74, 6) is 0. The fraction of sp³-hybridized carbons (Fsp3) is 0. The second-order valence-corrected chi connectivity index (χ2v) is 13.2. The van der Waals surface area contributed by atoms with Gasteiger partial charge in [0.05, 0.1) is 11.0 Å². The topological polar surface area (TPSA) is 4.93 Å². The van der Waals surface area contributed by atoms with Crippen molar-refractivity contribution in [1.82, 2.24) is 4.57 Å². The van der Waals surface area contributed by atoms with Crippen molar-refractivity contribution in [3.05, 3.63) is 176 Å². The Bertz CT molecular complexity index is 2940. The van der Waals surface area contributed by atoms with Crippen molar-refractivity contribution in [2.45, 2.75) is 0 Å². The van der Waals surface area contributed by atoms with Gasteiger partial charge < -0.3 is 4.57 Å². The predicted molar refractivity (Wildman–Crippen MR) is 209 cm³/mol. The van der Waals surface area contributed by atoms with Crippen LogP contribution >= 0.6 is 0 Å². The first-order chi connectivity index (χ1) is 24.3. The summed E-state index contributed by atoms with van der Waals surface area (Å²) < 4.78 is 2.43. The van der Waals surface area contributed by atoms with Gasteiger partial charge in [0.2, 0.25) is 0 Å². The molecule has 1 aliphatic carbocycles. The molecule has 11 rings (SSSR count). The Kier molecular flexibility index (Phi) is 5.45. The van der Waals surface area contributed by atoms with Crippen molar-refractivity contribution in [2.24, 2.45) is 0 Å². The minimum Gasteiger partial charge on any atom is -0.309 e. The summed E-state index contributed by atoms with van der Waals surface area (Å²) in [6.45, 7) is 0. The standard InChI is InChI=1S/C48H29N/c1-4-16-34-31(13-1)32-14-2-5-17-35(32)44-29-46-38-20-8-7-19-37(38)42-27-30(49-47-23-11-9-21-40(47)41-22-10-12-24-48(41)49)25-26-39(42)33-15-3-6-18-36(33)45(46)28-43(34)44/h1-29H. The molecule has 9 aromatic carbocycles. The van der Waals surface area contributed by atoms with Crippen LogP contribution in [0.3, 0.4) is 0 Å². The molecule has 0 saturated heterocycles. The Morgan fingerprint density at radius 3 is 1.02 bits per heavy atom. The van der Waals surface area contributed by atoms with Crippen molar-refractivity contribution >= 4 is 54.1 Å². The Hall–Kier alpha value is -6.44. The Labute approximate surface area is 283 Å². The van der Waals surface area contributed by atoms with E-state index in [1.165, 1.54) is 104 Å². The van der Waals surface area contributed by atoms with Crippen molar-refractivity contribution in [3.63, 3.8) is 0 Å². The number of benzene rings is 9. The van der Waals surface area contributed by atoms with Crippen LogP contribution in [0.1, 0.15) is 0 Å². The largest absolute Gasteiger partial charge is 0.309 e. The number of nitrogens with zero attached hydrogens (tertiary/aromatic N) is 1. The maximum Gasteiger partial charge on any atom is 0.0541 e. The molecule has 1 nitrogen and oxygen atoms in total. The van der Waals surface area contributed by atoms with Gasteiger partial charge in [-0.15, -0.1) is 0 Å². The molecule has 0 fully saturated rings. The van der Waals surface area contributed by atoms with Crippen LogP contribution in [0.4, 0.5) is 0 Å². The van der Waals surface area contributed by atoms with Crippen LogP contribution in [0.5, 0.6) is 0 Å². The van der Waals surface area contributed by atoms with Crippen LogP contribution in [-0.2, 0) is 0 Å². The molecule has 1 aliphatic rings. The maximum atomic E-state index is 2.47. The van der Waals surface area contributed by atoms with Crippen LogP contribution in [0.25, 0.3) is 104 Å². The van der Waals surface area contributed by atoms with E-state index in [1.54, 1.807) is 0 Å². The third-order valence-corrected chi connectivity index (χ3v) is 10.7. The number of aromatic nitrogens is 1. The minimum atomic E-state index is 1.17. The smallest absolute Gasteiger partial charge is 0.0541 e. The molecule has 0 bridgehead atoms. The molecule has 0 unspecified atom stereocenters. The van der Waals surface area contributed by atoms with Gasteiger partial charge in [0.15, 0.2) is 0 Å². The number of hydrogen-bond acceptors (Lipinski definition) is 0. The zero-order chi connectivity index (χ0) is 32.1.